The molecule has 1 aromatic rings. The van der Waals surface area contributed by atoms with Crippen molar-refractivity contribution < 1.29 is 28.1 Å². The molecule has 1 aliphatic heterocycles. The van der Waals surface area contributed by atoms with Crippen LogP contribution in [0.15, 0.2) is 30.5 Å². The van der Waals surface area contributed by atoms with E-state index in [1.54, 1.807) is 32.9 Å². The number of carbonyl (C=O) groups excluding carboxylic acids is 1. The van der Waals surface area contributed by atoms with E-state index in [4.69, 9.17) is 18.9 Å². The predicted molar refractivity (Wildman–Crippen MR) is 104 cm³/mol. The lowest BCUT2D eigenvalue weighted by molar-refractivity contribution is -0.141. The van der Waals surface area contributed by atoms with Crippen molar-refractivity contribution in [2.24, 2.45) is 0 Å². The fraction of sp³-hybridized carbons (Fsp3) is 0.571. The lowest BCUT2D eigenvalue weighted by atomic mass is 10.0. The molecule has 2 atom stereocenters. The number of unbranched alkanes of at least 4 members (excludes halogenated alkanes) is 1. The van der Waals surface area contributed by atoms with Gasteiger partial charge in [-0.2, -0.15) is 0 Å². The van der Waals surface area contributed by atoms with Crippen LogP contribution in [-0.4, -0.2) is 37.2 Å². The summed E-state index contributed by atoms with van der Waals surface area (Å²) in [5.74, 6) is -0.670. The highest BCUT2D eigenvalue weighted by molar-refractivity contribution is 5.68. The number of halogens is 1. The van der Waals surface area contributed by atoms with E-state index < -0.39 is 29.8 Å². The number of benzene rings is 1. The number of alkyl carbamates (subject to hydrolysis) is 1. The minimum Gasteiger partial charge on any atom is -0.491 e. The molecule has 0 saturated carbocycles. The van der Waals surface area contributed by atoms with Gasteiger partial charge in [0.1, 0.15) is 6.10 Å². The molecule has 28 heavy (non-hydrogen) atoms. The molecular weight excluding hydrogens is 365 g/mol. The number of ether oxygens (including phenoxy) is 4. The van der Waals surface area contributed by atoms with E-state index in [0.29, 0.717) is 25.2 Å². The van der Waals surface area contributed by atoms with E-state index in [0.717, 1.165) is 12.8 Å². The lowest BCUT2D eigenvalue weighted by Crippen LogP contribution is -2.46. The number of nitrogens with one attached hydrogen (secondary N) is 1. The van der Waals surface area contributed by atoms with Gasteiger partial charge in [0, 0.05) is 0 Å². The smallest absolute Gasteiger partial charge is 0.412 e. The third-order valence-electron chi connectivity index (χ3n) is 4.26. The first-order valence-electron chi connectivity index (χ1n) is 9.57. The zero-order valence-electron chi connectivity index (χ0n) is 17.0. The van der Waals surface area contributed by atoms with Crippen molar-refractivity contribution in [1.82, 2.24) is 5.32 Å². The lowest BCUT2D eigenvalue weighted by Gasteiger charge is -2.25. The van der Waals surface area contributed by atoms with Gasteiger partial charge in [-0.25, -0.2) is 9.18 Å². The van der Waals surface area contributed by atoms with Gasteiger partial charge >= 0.3 is 6.09 Å². The van der Waals surface area contributed by atoms with Crippen molar-refractivity contribution in [3.05, 3.63) is 41.9 Å². The van der Waals surface area contributed by atoms with E-state index in [-0.39, 0.29) is 11.5 Å². The normalized spacial score (nSPS) is 19.1. The standard InChI is InChI=1S/C21H30FNO5/c1-6-7-10-25-18-9-8-15(11-16(18)22)12-17(23-20(24)27-14(2)3)19-13-26-21(4,5)28-19/h8-9,11,17,19H,2,6-7,10,12-13H2,1,3-5H3,(H,23,24)/t17-,19+/m0/s1. The molecule has 0 aliphatic carbocycles. The minimum atomic E-state index is -0.745. The predicted octanol–water partition coefficient (Wildman–Crippen LogP) is 4.33. The summed E-state index contributed by atoms with van der Waals surface area (Å²) in [6.07, 6.45) is 1.17. The first kappa shape index (κ1) is 22.2. The third-order valence-corrected chi connectivity index (χ3v) is 4.26. The molecule has 1 heterocycles. The topological polar surface area (TPSA) is 66.0 Å². The quantitative estimate of drug-likeness (QED) is 0.498. The fourth-order valence-electron chi connectivity index (χ4n) is 2.90. The van der Waals surface area contributed by atoms with E-state index in [2.05, 4.69) is 11.9 Å². The molecule has 1 aromatic carbocycles. The molecule has 1 N–H and O–H groups in total. The van der Waals surface area contributed by atoms with Crippen molar-refractivity contribution in [2.75, 3.05) is 13.2 Å². The van der Waals surface area contributed by atoms with Gasteiger partial charge in [-0.05, 0) is 51.3 Å². The Bertz CT molecular complexity index is 691. The van der Waals surface area contributed by atoms with Gasteiger partial charge in [-0.1, -0.05) is 26.0 Å². The van der Waals surface area contributed by atoms with Crippen molar-refractivity contribution in [3.63, 3.8) is 0 Å². The van der Waals surface area contributed by atoms with Crippen LogP contribution in [0.4, 0.5) is 9.18 Å². The summed E-state index contributed by atoms with van der Waals surface area (Å²) in [6.45, 7) is 11.6. The zero-order chi connectivity index (χ0) is 20.7. The maximum Gasteiger partial charge on any atom is 0.412 e. The molecule has 0 radical (unpaired) electrons. The summed E-state index contributed by atoms with van der Waals surface area (Å²) in [7, 11) is 0. The Labute approximate surface area is 166 Å². The second kappa shape index (κ2) is 9.89. The highest BCUT2D eigenvalue weighted by atomic mass is 19.1. The summed E-state index contributed by atoms with van der Waals surface area (Å²) in [5.41, 5.74) is 0.703. The first-order chi connectivity index (χ1) is 13.2. The van der Waals surface area contributed by atoms with Crippen LogP contribution >= 0.6 is 0 Å². The number of hydrogen-bond donors (Lipinski definition) is 1. The van der Waals surface area contributed by atoms with Crippen LogP contribution in [0.25, 0.3) is 0 Å². The maximum absolute atomic E-state index is 14.4. The molecule has 0 bridgehead atoms. The molecule has 0 unspecified atom stereocenters. The van der Waals surface area contributed by atoms with E-state index >= 15 is 0 Å². The SMILES string of the molecule is C=C(C)OC(=O)N[C@@H](Cc1ccc(OCCCC)c(F)c1)[C@H]1COC(C)(C)O1. The molecule has 6 nitrogen and oxygen atoms in total. The number of amides is 1. The molecule has 156 valence electrons. The summed E-state index contributed by atoms with van der Waals surface area (Å²) >= 11 is 0. The van der Waals surface area contributed by atoms with Gasteiger partial charge in [-0.15, -0.1) is 0 Å². The maximum atomic E-state index is 14.4. The van der Waals surface area contributed by atoms with E-state index in [9.17, 15) is 9.18 Å². The van der Waals surface area contributed by atoms with Crippen LogP contribution in [0.1, 0.15) is 46.1 Å². The Morgan fingerprint density at radius 1 is 1.46 bits per heavy atom. The molecule has 2 rings (SSSR count). The van der Waals surface area contributed by atoms with Crippen LogP contribution in [-0.2, 0) is 20.6 Å². The van der Waals surface area contributed by atoms with Crippen molar-refractivity contribution >= 4 is 6.09 Å². The van der Waals surface area contributed by atoms with Crippen LogP contribution < -0.4 is 10.1 Å². The highest BCUT2D eigenvalue weighted by Crippen LogP contribution is 2.26. The van der Waals surface area contributed by atoms with Gasteiger partial charge in [0.2, 0.25) is 0 Å². The first-order valence-corrected chi connectivity index (χ1v) is 9.57. The minimum absolute atomic E-state index is 0.227. The average molecular weight is 395 g/mol. The second-order valence-corrected chi connectivity index (χ2v) is 7.38. The molecular formula is C21H30FNO5. The molecule has 1 amide bonds. The third kappa shape index (κ3) is 6.80. The Kier molecular flexibility index (Phi) is 7.83. The van der Waals surface area contributed by atoms with Crippen LogP contribution in [0.5, 0.6) is 5.75 Å². The van der Waals surface area contributed by atoms with Gasteiger partial charge in [0.25, 0.3) is 0 Å². The number of allylic oxidation sites excluding steroid dienone is 1. The van der Waals surface area contributed by atoms with Crippen LogP contribution in [0, 0.1) is 5.82 Å². The van der Waals surface area contributed by atoms with Crippen molar-refractivity contribution in [1.29, 1.82) is 0 Å². The number of carbonyl (C=O) groups is 1. The van der Waals surface area contributed by atoms with Crippen LogP contribution in [0.2, 0.25) is 0 Å². The van der Waals surface area contributed by atoms with Gasteiger partial charge in [-0.3, -0.25) is 0 Å². The van der Waals surface area contributed by atoms with Gasteiger partial charge < -0.3 is 24.3 Å². The Hall–Kier alpha value is -2.12. The Morgan fingerprint density at radius 2 is 2.21 bits per heavy atom. The molecule has 1 aliphatic rings. The summed E-state index contributed by atoms with van der Waals surface area (Å²) in [4.78, 5) is 12.1. The van der Waals surface area contributed by atoms with Gasteiger partial charge in [0.05, 0.1) is 25.0 Å². The number of rotatable bonds is 9. The van der Waals surface area contributed by atoms with Crippen LogP contribution in [0.3, 0.4) is 0 Å². The van der Waals surface area contributed by atoms with E-state index in [1.165, 1.54) is 6.07 Å². The molecule has 7 heteroatoms. The average Bonchev–Trinajstić information content (AvgIpc) is 2.95. The molecule has 1 fully saturated rings. The van der Waals surface area contributed by atoms with Gasteiger partial charge in [0.15, 0.2) is 17.4 Å². The number of hydrogen-bond acceptors (Lipinski definition) is 5. The second-order valence-electron chi connectivity index (χ2n) is 7.38. The monoisotopic (exact) mass is 395 g/mol. The molecule has 0 aromatic heterocycles. The Balaban J connectivity index is 2.09. The zero-order valence-corrected chi connectivity index (χ0v) is 17.0. The van der Waals surface area contributed by atoms with Crippen molar-refractivity contribution in [2.45, 2.75) is 64.9 Å². The summed E-state index contributed by atoms with van der Waals surface area (Å²) in [6, 6.07) is 4.35. The summed E-state index contributed by atoms with van der Waals surface area (Å²) in [5, 5.41) is 2.77. The highest BCUT2D eigenvalue weighted by Gasteiger charge is 2.38. The molecule has 0 spiro atoms. The largest absolute Gasteiger partial charge is 0.491 e. The fourth-order valence-corrected chi connectivity index (χ4v) is 2.90. The Morgan fingerprint density at radius 3 is 2.79 bits per heavy atom. The summed E-state index contributed by atoms with van der Waals surface area (Å²) < 4.78 is 36.3. The van der Waals surface area contributed by atoms with Crippen molar-refractivity contribution in [3.8, 4) is 5.75 Å². The van der Waals surface area contributed by atoms with E-state index in [1.807, 2.05) is 6.92 Å². The molecule has 1 saturated heterocycles.